The van der Waals surface area contributed by atoms with Crippen LogP contribution >= 0.6 is 0 Å². The fourth-order valence-corrected chi connectivity index (χ4v) is 4.20. The van der Waals surface area contributed by atoms with Gasteiger partial charge >= 0.3 is 5.97 Å². The van der Waals surface area contributed by atoms with Crippen LogP contribution in [-0.4, -0.2) is 54.5 Å². The molecule has 1 saturated heterocycles. The van der Waals surface area contributed by atoms with Gasteiger partial charge in [-0.25, -0.2) is 4.98 Å². The van der Waals surface area contributed by atoms with Crippen molar-refractivity contribution in [3.05, 3.63) is 72.2 Å². The van der Waals surface area contributed by atoms with E-state index in [2.05, 4.69) is 34.3 Å². The Balaban J connectivity index is 1.64. The van der Waals surface area contributed by atoms with E-state index in [1.165, 1.54) is 7.11 Å². The second-order valence-corrected chi connectivity index (χ2v) is 7.97. The van der Waals surface area contributed by atoms with Crippen LogP contribution in [0.2, 0.25) is 0 Å². The summed E-state index contributed by atoms with van der Waals surface area (Å²) in [5, 5.41) is 4.19. The number of piperidine rings is 1. The molecule has 2 unspecified atom stereocenters. The van der Waals surface area contributed by atoms with Gasteiger partial charge in [0.25, 0.3) is 0 Å². The number of allylic oxidation sites excluding steroid dienone is 4. The molecule has 7 heteroatoms. The van der Waals surface area contributed by atoms with Gasteiger partial charge in [-0.3, -0.25) is 9.79 Å². The van der Waals surface area contributed by atoms with Gasteiger partial charge in [-0.2, -0.15) is 0 Å². The van der Waals surface area contributed by atoms with E-state index in [0.29, 0.717) is 18.7 Å². The number of carbonyl (C=O) groups excluding carboxylic acids is 1. The highest BCUT2D eigenvalue weighted by Crippen LogP contribution is 2.28. The van der Waals surface area contributed by atoms with Crippen molar-refractivity contribution < 1.29 is 14.3 Å². The summed E-state index contributed by atoms with van der Waals surface area (Å²) in [5.41, 5.74) is 2.61. The molecule has 0 amide bonds. The van der Waals surface area contributed by atoms with Crippen molar-refractivity contribution >= 4 is 22.7 Å². The number of rotatable bonds is 5. The van der Waals surface area contributed by atoms with Gasteiger partial charge in [0.15, 0.2) is 5.84 Å². The Hall–Kier alpha value is -3.45. The lowest BCUT2D eigenvalue weighted by Crippen LogP contribution is -2.47. The number of methoxy groups -OCH3 is 1. The van der Waals surface area contributed by atoms with Crippen LogP contribution in [0.25, 0.3) is 10.9 Å². The number of carbonyl (C=O) groups is 1. The average molecular weight is 447 g/mol. The molecule has 1 N–H and O–H groups in total. The number of hydrogen-bond acceptors (Lipinski definition) is 6. The van der Waals surface area contributed by atoms with Crippen molar-refractivity contribution in [1.29, 1.82) is 0 Å². The monoisotopic (exact) mass is 446 g/mol. The molecule has 0 saturated carbocycles. The fraction of sp³-hybridized carbons (Fsp3) is 0.346. The minimum Gasteiger partial charge on any atom is -0.488 e. The Bertz CT molecular complexity index is 1140. The van der Waals surface area contributed by atoms with Crippen molar-refractivity contribution in [2.75, 3.05) is 20.7 Å². The first-order valence-corrected chi connectivity index (χ1v) is 11.3. The largest absolute Gasteiger partial charge is 0.488 e. The Morgan fingerprint density at radius 3 is 2.97 bits per heavy atom. The van der Waals surface area contributed by atoms with E-state index in [1.54, 1.807) is 7.05 Å². The van der Waals surface area contributed by atoms with E-state index >= 15 is 0 Å². The third kappa shape index (κ3) is 4.98. The highest BCUT2D eigenvalue weighted by molar-refractivity contribution is 6.01. The van der Waals surface area contributed by atoms with Gasteiger partial charge in [0.05, 0.1) is 7.11 Å². The maximum atomic E-state index is 12.0. The van der Waals surface area contributed by atoms with Crippen LogP contribution in [0, 0.1) is 0 Å². The van der Waals surface area contributed by atoms with Crippen LogP contribution in [0.15, 0.2) is 71.5 Å². The van der Waals surface area contributed by atoms with Crippen molar-refractivity contribution in [3.63, 3.8) is 0 Å². The minimum atomic E-state index is -0.353. The van der Waals surface area contributed by atoms with Gasteiger partial charge in [-0.1, -0.05) is 37.3 Å². The van der Waals surface area contributed by atoms with Crippen molar-refractivity contribution in [2.24, 2.45) is 4.99 Å². The van der Waals surface area contributed by atoms with Crippen LogP contribution in [0.5, 0.6) is 5.75 Å². The number of nitrogens with zero attached hydrogens (tertiary/aromatic N) is 3. The molecule has 2 aromatic rings. The van der Waals surface area contributed by atoms with Crippen LogP contribution in [-0.2, 0) is 9.53 Å². The Kier molecular flexibility index (Phi) is 7.19. The first kappa shape index (κ1) is 22.7. The van der Waals surface area contributed by atoms with Gasteiger partial charge in [0, 0.05) is 30.8 Å². The fourth-order valence-electron chi connectivity index (χ4n) is 4.20. The molecule has 2 aliphatic heterocycles. The Morgan fingerprint density at radius 1 is 1.30 bits per heavy atom. The number of esters is 1. The zero-order valence-corrected chi connectivity index (χ0v) is 19.3. The second kappa shape index (κ2) is 10.4. The van der Waals surface area contributed by atoms with E-state index in [1.807, 2.05) is 48.7 Å². The van der Waals surface area contributed by atoms with Crippen molar-refractivity contribution in [3.8, 4) is 5.75 Å². The molecule has 7 nitrogen and oxygen atoms in total. The number of nitrogens with one attached hydrogen (secondary N) is 1. The highest BCUT2D eigenvalue weighted by atomic mass is 16.5. The molecule has 0 bridgehead atoms. The number of pyridine rings is 1. The number of fused-ring (bicyclic) bond motifs is 1. The van der Waals surface area contributed by atoms with E-state index in [0.717, 1.165) is 41.0 Å². The lowest BCUT2D eigenvalue weighted by Gasteiger charge is -2.29. The number of aliphatic imine (C=N–C) groups is 1. The predicted octanol–water partition coefficient (Wildman–Crippen LogP) is 3.96. The molecule has 1 aromatic carbocycles. The Morgan fingerprint density at radius 2 is 2.18 bits per heavy atom. The molecule has 172 valence electrons. The highest BCUT2D eigenvalue weighted by Gasteiger charge is 2.29. The van der Waals surface area contributed by atoms with Gasteiger partial charge in [-0.05, 0) is 43.7 Å². The van der Waals surface area contributed by atoms with Crippen LogP contribution in [0.4, 0.5) is 0 Å². The summed E-state index contributed by atoms with van der Waals surface area (Å²) in [6.07, 6.45) is 12.4. The summed E-state index contributed by atoms with van der Waals surface area (Å²) >= 11 is 0. The maximum Gasteiger partial charge on any atom is 0.322 e. The number of aromatic nitrogens is 1. The molecule has 1 aromatic heterocycles. The summed E-state index contributed by atoms with van der Waals surface area (Å²) in [5.74, 6) is 1.21. The molecule has 33 heavy (non-hydrogen) atoms. The average Bonchev–Trinajstić information content (AvgIpc) is 2.85. The number of ether oxygens (including phenoxy) is 2. The summed E-state index contributed by atoms with van der Waals surface area (Å²) in [6, 6.07) is 9.60. The maximum absolute atomic E-state index is 12.0. The van der Waals surface area contributed by atoms with Crippen molar-refractivity contribution in [1.82, 2.24) is 15.2 Å². The van der Waals surface area contributed by atoms with Crippen LogP contribution in [0.3, 0.4) is 0 Å². The standard InChI is InChI=1S/C26H30N4O3/c1-4-8-19-10-5-6-16-30(19)25(27-2)21-13-12-18-9-7-11-23(24(18)29-21)33-20-14-15-28-22(17-20)26(31)32-3/h5-13,16,20,22,28H,4,14-15,17H2,1-3H3. The van der Waals surface area contributed by atoms with Gasteiger partial charge in [0.1, 0.15) is 29.1 Å². The minimum absolute atomic E-state index is 0.0972. The molecule has 0 radical (unpaired) electrons. The number of hydrogen-bond donors (Lipinski definition) is 1. The lowest BCUT2D eigenvalue weighted by atomic mass is 10.0. The molecule has 0 aliphatic carbocycles. The third-order valence-electron chi connectivity index (χ3n) is 5.79. The normalized spacial score (nSPS) is 22.1. The molecule has 0 spiro atoms. The number of para-hydroxylation sites is 1. The van der Waals surface area contributed by atoms with Gasteiger partial charge < -0.3 is 19.7 Å². The first-order chi connectivity index (χ1) is 16.1. The molecule has 3 heterocycles. The van der Waals surface area contributed by atoms with Crippen LogP contribution < -0.4 is 10.1 Å². The predicted molar refractivity (Wildman–Crippen MR) is 130 cm³/mol. The summed E-state index contributed by atoms with van der Waals surface area (Å²) < 4.78 is 11.3. The molecular weight excluding hydrogens is 416 g/mol. The van der Waals surface area contributed by atoms with E-state index in [4.69, 9.17) is 14.5 Å². The number of amidine groups is 1. The zero-order chi connectivity index (χ0) is 23.2. The number of benzene rings is 1. The summed E-state index contributed by atoms with van der Waals surface area (Å²) in [4.78, 5) is 23.5. The summed E-state index contributed by atoms with van der Waals surface area (Å²) in [6.45, 7) is 2.81. The zero-order valence-electron chi connectivity index (χ0n) is 19.3. The van der Waals surface area contributed by atoms with Gasteiger partial charge in [-0.15, -0.1) is 0 Å². The van der Waals surface area contributed by atoms with E-state index in [9.17, 15) is 4.79 Å². The SMILES string of the molecule is CCC=C1C=CC=CN1C(=NC)c1ccc2cccc(OC3CCNC(C(=O)OC)C3)c2n1. The second-order valence-electron chi connectivity index (χ2n) is 7.97. The summed E-state index contributed by atoms with van der Waals surface area (Å²) in [7, 11) is 3.19. The van der Waals surface area contributed by atoms with Crippen LogP contribution in [0.1, 0.15) is 31.9 Å². The first-order valence-electron chi connectivity index (χ1n) is 11.3. The molecule has 2 aliphatic rings. The Labute approximate surface area is 194 Å². The smallest absolute Gasteiger partial charge is 0.322 e. The van der Waals surface area contributed by atoms with Crippen molar-refractivity contribution in [2.45, 2.75) is 38.3 Å². The molecule has 4 rings (SSSR count). The molecule has 2 atom stereocenters. The third-order valence-corrected chi connectivity index (χ3v) is 5.79. The van der Waals surface area contributed by atoms with Gasteiger partial charge in [0.2, 0.25) is 0 Å². The molecule has 1 fully saturated rings. The lowest BCUT2D eigenvalue weighted by molar-refractivity contribution is -0.144. The topological polar surface area (TPSA) is 76.0 Å². The van der Waals surface area contributed by atoms with E-state index < -0.39 is 0 Å². The van der Waals surface area contributed by atoms with E-state index in [-0.39, 0.29) is 18.1 Å². The quantitative estimate of drug-likeness (QED) is 0.426. The molecular formula is C26H30N4O3.